The molecule has 0 spiro atoms. The van der Waals surface area contributed by atoms with E-state index in [1.807, 2.05) is 6.92 Å². The molecular weight excluding hydrogens is 208 g/mol. The number of para-hydroxylation sites is 1. The second kappa shape index (κ2) is 6.00. The van der Waals surface area contributed by atoms with E-state index in [-0.39, 0.29) is 17.5 Å². The van der Waals surface area contributed by atoms with Crippen LogP contribution in [0.1, 0.15) is 26.2 Å². The summed E-state index contributed by atoms with van der Waals surface area (Å²) >= 11 is 0. The van der Waals surface area contributed by atoms with Crippen LogP contribution in [0.4, 0.5) is 0 Å². The fourth-order valence-corrected chi connectivity index (χ4v) is 1.25. The Morgan fingerprint density at radius 3 is 2.81 bits per heavy atom. The minimum Gasteiger partial charge on any atom is -0.504 e. The zero-order valence-corrected chi connectivity index (χ0v) is 9.53. The molecule has 0 unspecified atom stereocenters. The number of benzene rings is 1. The van der Waals surface area contributed by atoms with Crippen LogP contribution in [0.2, 0.25) is 0 Å². The molecule has 0 heterocycles. The molecule has 16 heavy (non-hydrogen) atoms. The third-order valence-corrected chi connectivity index (χ3v) is 2.13. The van der Waals surface area contributed by atoms with E-state index in [2.05, 4.69) is 0 Å². The van der Waals surface area contributed by atoms with E-state index < -0.39 is 0 Å². The molecule has 1 aromatic carbocycles. The van der Waals surface area contributed by atoms with Crippen LogP contribution in [-0.4, -0.2) is 18.2 Å². The van der Waals surface area contributed by atoms with Gasteiger partial charge in [0.2, 0.25) is 5.75 Å². The number of carbonyl (C=O) groups excluding carboxylic acids is 1. The quantitative estimate of drug-likeness (QED) is 0.616. The van der Waals surface area contributed by atoms with E-state index in [1.54, 1.807) is 12.1 Å². The van der Waals surface area contributed by atoms with Crippen LogP contribution in [0.3, 0.4) is 0 Å². The molecule has 1 rings (SSSR count). The van der Waals surface area contributed by atoms with E-state index >= 15 is 0 Å². The second-order valence-electron chi connectivity index (χ2n) is 3.39. The molecule has 0 fully saturated rings. The molecule has 0 aliphatic rings. The summed E-state index contributed by atoms with van der Waals surface area (Å²) in [4.78, 5) is 11.4. The standard InChI is InChI=1S/C12H16O4/c1-3-4-8-11(14)16-12-9(13)6-5-7-10(12)15-2/h5-7,13H,3-4,8H2,1-2H3. The molecule has 0 aliphatic heterocycles. The van der Waals surface area contributed by atoms with Crippen molar-refractivity contribution in [3.05, 3.63) is 18.2 Å². The van der Waals surface area contributed by atoms with Crippen molar-refractivity contribution >= 4 is 5.97 Å². The van der Waals surface area contributed by atoms with Gasteiger partial charge in [-0.25, -0.2) is 0 Å². The molecule has 88 valence electrons. The first kappa shape index (κ1) is 12.4. The minimum atomic E-state index is -0.360. The summed E-state index contributed by atoms with van der Waals surface area (Å²) < 4.78 is 10.0. The van der Waals surface area contributed by atoms with E-state index in [4.69, 9.17) is 9.47 Å². The molecule has 0 atom stereocenters. The number of ether oxygens (including phenoxy) is 2. The maximum atomic E-state index is 11.4. The zero-order valence-electron chi connectivity index (χ0n) is 9.53. The number of aromatic hydroxyl groups is 1. The van der Waals surface area contributed by atoms with Crippen molar-refractivity contribution < 1.29 is 19.4 Å². The highest BCUT2D eigenvalue weighted by atomic mass is 16.6. The predicted octanol–water partition coefficient (Wildman–Crippen LogP) is 2.50. The molecule has 0 bridgehead atoms. The van der Waals surface area contributed by atoms with Crippen LogP contribution in [0.25, 0.3) is 0 Å². The summed E-state index contributed by atoms with van der Waals surface area (Å²) in [5, 5.41) is 9.54. The Bertz CT molecular complexity index is 360. The van der Waals surface area contributed by atoms with Crippen molar-refractivity contribution in [2.75, 3.05) is 7.11 Å². The molecule has 0 aromatic heterocycles. The summed E-state index contributed by atoms with van der Waals surface area (Å²) in [6, 6.07) is 4.70. The lowest BCUT2D eigenvalue weighted by molar-refractivity contribution is -0.134. The van der Waals surface area contributed by atoms with Gasteiger partial charge in [-0.2, -0.15) is 0 Å². The molecule has 0 aliphatic carbocycles. The Balaban J connectivity index is 2.75. The molecule has 0 radical (unpaired) electrons. The predicted molar refractivity (Wildman–Crippen MR) is 59.8 cm³/mol. The molecule has 4 heteroatoms. The van der Waals surface area contributed by atoms with Gasteiger partial charge in [0.15, 0.2) is 11.5 Å². The Labute approximate surface area is 94.8 Å². The summed E-state index contributed by atoms with van der Waals surface area (Å²) in [7, 11) is 1.46. The van der Waals surface area contributed by atoms with Gasteiger partial charge < -0.3 is 14.6 Å². The third kappa shape index (κ3) is 3.15. The number of unbranched alkanes of at least 4 members (excludes halogenated alkanes) is 1. The second-order valence-corrected chi connectivity index (χ2v) is 3.39. The van der Waals surface area contributed by atoms with Crippen LogP contribution in [0.5, 0.6) is 17.2 Å². The molecule has 0 amide bonds. The largest absolute Gasteiger partial charge is 0.504 e. The Morgan fingerprint density at radius 2 is 2.19 bits per heavy atom. The maximum Gasteiger partial charge on any atom is 0.311 e. The van der Waals surface area contributed by atoms with Gasteiger partial charge in [-0.1, -0.05) is 19.4 Å². The summed E-state index contributed by atoms with van der Waals surface area (Å²) in [6.45, 7) is 1.99. The average Bonchev–Trinajstić information content (AvgIpc) is 2.29. The fourth-order valence-electron chi connectivity index (χ4n) is 1.25. The summed E-state index contributed by atoms with van der Waals surface area (Å²) in [5.41, 5.74) is 0. The number of carbonyl (C=O) groups is 1. The van der Waals surface area contributed by atoms with Gasteiger partial charge in [0.1, 0.15) is 0 Å². The summed E-state index contributed by atoms with van der Waals surface area (Å²) in [5.74, 6) is -0.0122. The van der Waals surface area contributed by atoms with E-state index in [1.165, 1.54) is 13.2 Å². The highest BCUT2D eigenvalue weighted by molar-refractivity contribution is 5.74. The van der Waals surface area contributed by atoms with Gasteiger partial charge in [0.05, 0.1) is 7.11 Å². The van der Waals surface area contributed by atoms with Crippen LogP contribution in [0.15, 0.2) is 18.2 Å². The lowest BCUT2D eigenvalue weighted by Crippen LogP contribution is -2.08. The minimum absolute atomic E-state index is 0.0890. The van der Waals surface area contributed by atoms with Crippen molar-refractivity contribution in [1.29, 1.82) is 0 Å². The van der Waals surface area contributed by atoms with E-state index in [9.17, 15) is 9.90 Å². The van der Waals surface area contributed by atoms with Crippen LogP contribution < -0.4 is 9.47 Å². The number of rotatable bonds is 5. The number of hydrogen-bond acceptors (Lipinski definition) is 4. The normalized spacial score (nSPS) is 9.88. The van der Waals surface area contributed by atoms with Gasteiger partial charge in [0, 0.05) is 6.42 Å². The van der Waals surface area contributed by atoms with Crippen molar-refractivity contribution in [2.24, 2.45) is 0 Å². The topological polar surface area (TPSA) is 55.8 Å². The third-order valence-electron chi connectivity index (χ3n) is 2.13. The van der Waals surface area contributed by atoms with Crippen molar-refractivity contribution in [3.8, 4) is 17.2 Å². The SMILES string of the molecule is CCCCC(=O)Oc1c(O)cccc1OC. The van der Waals surface area contributed by atoms with Crippen LogP contribution in [0, 0.1) is 0 Å². The molecule has 4 nitrogen and oxygen atoms in total. The smallest absolute Gasteiger partial charge is 0.311 e. The number of methoxy groups -OCH3 is 1. The lowest BCUT2D eigenvalue weighted by Gasteiger charge is -2.10. The van der Waals surface area contributed by atoms with E-state index in [0.717, 1.165) is 12.8 Å². The van der Waals surface area contributed by atoms with Crippen molar-refractivity contribution in [3.63, 3.8) is 0 Å². The van der Waals surface area contributed by atoms with Crippen molar-refractivity contribution in [1.82, 2.24) is 0 Å². The fraction of sp³-hybridized carbons (Fsp3) is 0.417. The molecule has 1 aromatic rings. The monoisotopic (exact) mass is 224 g/mol. The molecule has 0 saturated heterocycles. The highest BCUT2D eigenvalue weighted by Gasteiger charge is 2.13. The Morgan fingerprint density at radius 1 is 1.44 bits per heavy atom. The number of esters is 1. The maximum absolute atomic E-state index is 11.4. The Hall–Kier alpha value is -1.71. The van der Waals surface area contributed by atoms with Gasteiger partial charge >= 0.3 is 5.97 Å². The zero-order chi connectivity index (χ0) is 12.0. The average molecular weight is 224 g/mol. The van der Waals surface area contributed by atoms with Crippen LogP contribution in [-0.2, 0) is 4.79 Å². The highest BCUT2D eigenvalue weighted by Crippen LogP contribution is 2.36. The number of phenolic OH excluding ortho intramolecular Hbond substituents is 1. The first-order valence-corrected chi connectivity index (χ1v) is 5.25. The lowest BCUT2D eigenvalue weighted by atomic mass is 10.2. The number of hydrogen-bond donors (Lipinski definition) is 1. The van der Waals surface area contributed by atoms with Gasteiger partial charge in [-0.15, -0.1) is 0 Å². The van der Waals surface area contributed by atoms with Crippen molar-refractivity contribution in [2.45, 2.75) is 26.2 Å². The molecule has 1 N–H and O–H groups in total. The van der Waals surface area contributed by atoms with Gasteiger partial charge in [0.25, 0.3) is 0 Å². The molecular formula is C12H16O4. The first-order valence-electron chi connectivity index (χ1n) is 5.25. The van der Waals surface area contributed by atoms with Gasteiger partial charge in [-0.3, -0.25) is 4.79 Å². The Kier molecular flexibility index (Phi) is 4.64. The molecule has 0 saturated carbocycles. The number of phenols is 1. The summed E-state index contributed by atoms with van der Waals surface area (Å²) in [6.07, 6.45) is 2.04. The van der Waals surface area contributed by atoms with Crippen LogP contribution >= 0.6 is 0 Å². The van der Waals surface area contributed by atoms with E-state index in [0.29, 0.717) is 12.2 Å². The first-order chi connectivity index (χ1) is 7.69. The van der Waals surface area contributed by atoms with Gasteiger partial charge in [-0.05, 0) is 18.6 Å².